The first kappa shape index (κ1) is 11.8. The molecule has 0 amide bonds. The lowest BCUT2D eigenvalue weighted by molar-refractivity contribution is 0.0328. The molecule has 0 radical (unpaired) electrons. The van der Waals surface area contributed by atoms with Gasteiger partial charge in [-0.15, -0.1) is 0 Å². The van der Waals surface area contributed by atoms with Gasteiger partial charge in [-0.3, -0.25) is 0 Å². The molecule has 88 valence electrons. The SMILES string of the molecule is COC1CC(Nc2cc(Br)c(F)cc2F)C1. The summed E-state index contributed by atoms with van der Waals surface area (Å²) in [4.78, 5) is 0. The van der Waals surface area contributed by atoms with E-state index in [9.17, 15) is 8.78 Å². The summed E-state index contributed by atoms with van der Waals surface area (Å²) in [6, 6.07) is 2.50. The molecule has 1 N–H and O–H groups in total. The molecule has 1 saturated carbocycles. The molecule has 0 heterocycles. The van der Waals surface area contributed by atoms with Gasteiger partial charge in [0.15, 0.2) is 0 Å². The zero-order chi connectivity index (χ0) is 11.7. The van der Waals surface area contributed by atoms with Crippen molar-refractivity contribution in [2.75, 3.05) is 12.4 Å². The van der Waals surface area contributed by atoms with E-state index in [1.165, 1.54) is 6.07 Å². The smallest absolute Gasteiger partial charge is 0.149 e. The lowest BCUT2D eigenvalue weighted by Crippen LogP contribution is -2.40. The molecule has 1 aliphatic rings. The second kappa shape index (κ2) is 4.67. The third kappa shape index (κ3) is 2.35. The van der Waals surface area contributed by atoms with Crippen molar-refractivity contribution in [2.24, 2.45) is 0 Å². The van der Waals surface area contributed by atoms with Crippen molar-refractivity contribution >= 4 is 21.6 Å². The van der Waals surface area contributed by atoms with E-state index in [0.29, 0.717) is 5.69 Å². The molecule has 2 nitrogen and oxygen atoms in total. The number of rotatable bonds is 3. The number of halogens is 3. The fourth-order valence-corrected chi connectivity index (χ4v) is 2.07. The monoisotopic (exact) mass is 291 g/mol. The van der Waals surface area contributed by atoms with Gasteiger partial charge in [0.25, 0.3) is 0 Å². The summed E-state index contributed by atoms with van der Waals surface area (Å²) in [6.07, 6.45) is 1.96. The van der Waals surface area contributed by atoms with Crippen molar-refractivity contribution in [3.05, 3.63) is 28.2 Å². The van der Waals surface area contributed by atoms with Crippen LogP contribution >= 0.6 is 15.9 Å². The van der Waals surface area contributed by atoms with Crippen molar-refractivity contribution in [2.45, 2.75) is 25.0 Å². The number of ether oxygens (including phenoxy) is 1. The number of hydrogen-bond donors (Lipinski definition) is 1. The van der Waals surface area contributed by atoms with Gasteiger partial charge in [0.05, 0.1) is 16.3 Å². The number of benzene rings is 1. The lowest BCUT2D eigenvalue weighted by Gasteiger charge is -2.35. The third-order valence-electron chi connectivity index (χ3n) is 2.80. The Morgan fingerprint density at radius 2 is 2.00 bits per heavy atom. The first-order chi connectivity index (χ1) is 7.60. The number of methoxy groups -OCH3 is 1. The van der Waals surface area contributed by atoms with Crippen LogP contribution in [0.5, 0.6) is 0 Å². The molecule has 1 aromatic carbocycles. The molecule has 0 atom stereocenters. The molecule has 0 saturated heterocycles. The molecular weight excluding hydrogens is 280 g/mol. The summed E-state index contributed by atoms with van der Waals surface area (Å²) in [5.41, 5.74) is 0.327. The Hall–Kier alpha value is -0.680. The highest BCUT2D eigenvalue weighted by molar-refractivity contribution is 9.10. The first-order valence-corrected chi connectivity index (χ1v) is 5.83. The van der Waals surface area contributed by atoms with Gasteiger partial charge in [-0.25, -0.2) is 8.78 Å². The summed E-state index contributed by atoms with van der Waals surface area (Å²) < 4.78 is 31.7. The summed E-state index contributed by atoms with van der Waals surface area (Å²) in [6.45, 7) is 0. The van der Waals surface area contributed by atoms with Gasteiger partial charge in [0.2, 0.25) is 0 Å². The van der Waals surface area contributed by atoms with Crippen molar-refractivity contribution in [1.29, 1.82) is 0 Å². The van der Waals surface area contributed by atoms with E-state index in [0.717, 1.165) is 18.9 Å². The van der Waals surface area contributed by atoms with E-state index in [1.807, 2.05) is 0 Å². The summed E-state index contributed by atoms with van der Waals surface area (Å²) in [5.74, 6) is -1.16. The first-order valence-electron chi connectivity index (χ1n) is 5.04. The Balaban J connectivity index is 2.02. The maximum Gasteiger partial charge on any atom is 0.149 e. The van der Waals surface area contributed by atoms with Crippen LogP contribution in [0.1, 0.15) is 12.8 Å². The predicted molar refractivity (Wildman–Crippen MR) is 61.5 cm³/mol. The van der Waals surface area contributed by atoms with Crippen LogP contribution in [0.4, 0.5) is 14.5 Å². The van der Waals surface area contributed by atoms with E-state index in [1.54, 1.807) is 7.11 Å². The van der Waals surface area contributed by atoms with Crippen LogP contribution < -0.4 is 5.32 Å². The summed E-state index contributed by atoms with van der Waals surface area (Å²) in [5, 5.41) is 3.03. The number of anilines is 1. The minimum absolute atomic E-state index is 0.205. The zero-order valence-electron chi connectivity index (χ0n) is 8.77. The van der Waals surface area contributed by atoms with Gasteiger partial charge in [-0.2, -0.15) is 0 Å². The fraction of sp³-hybridized carbons (Fsp3) is 0.455. The second-order valence-corrected chi connectivity index (χ2v) is 4.77. The lowest BCUT2D eigenvalue weighted by atomic mass is 9.89. The minimum atomic E-state index is -0.591. The van der Waals surface area contributed by atoms with E-state index < -0.39 is 11.6 Å². The topological polar surface area (TPSA) is 21.3 Å². The summed E-state index contributed by atoms with van der Waals surface area (Å²) >= 11 is 3.03. The quantitative estimate of drug-likeness (QED) is 0.863. The van der Waals surface area contributed by atoms with Crippen molar-refractivity contribution in [1.82, 2.24) is 0 Å². The standard InChI is InChI=1S/C11H12BrF2NO/c1-16-7-2-6(3-7)15-11-4-8(12)9(13)5-10(11)14/h4-7,15H,2-3H2,1H3. The molecule has 1 aromatic rings. The van der Waals surface area contributed by atoms with E-state index in [4.69, 9.17) is 4.74 Å². The van der Waals surface area contributed by atoms with Gasteiger partial charge in [-0.1, -0.05) is 0 Å². The van der Waals surface area contributed by atoms with Crippen LogP contribution in [0.15, 0.2) is 16.6 Å². The van der Waals surface area contributed by atoms with Crippen molar-refractivity contribution < 1.29 is 13.5 Å². The maximum atomic E-state index is 13.4. The third-order valence-corrected chi connectivity index (χ3v) is 3.41. The van der Waals surface area contributed by atoms with Crippen LogP contribution in [-0.2, 0) is 4.74 Å². The van der Waals surface area contributed by atoms with Gasteiger partial charge < -0.3 is 10.1 Å². The van der Waals surface area contributed by atoms with Crippen LogP contribution in [0, 0.1) is 11.6 Å². The minimum Gasteiger partial charge on any atom is -0.381 e. The zero-order valence-corrected chi connectivity index (χ0v) is 10.4. The highest BCUT2D eigenvalue weighted by Crippen LogP contribution is 2.29. The van der Waals surface area contributed by atoms with Crippen LogP contribution in [0.25, 0.3) is 0 Å². The highest BCUT2D eigenvalue weighted by atomic mass is 79.9. The van der Waals surface area contributed by atoms with Gasteiger partial charge in [-0.05, 0) is 34.8 Å². The van der Waals surface area contributed by atoms with Crippen LogP contribution in [0.3, 0.4) is 0 Å². The fourth-order valence-electron chi connectivity index (χ4n) is 1.73. The van der Waals surface area contributed by atoms with Gasteiger partial charge >= 0.3 is 0 Å². The molecule has 0 bridgehead atoms. The molecule has 1 aliphatic carbocycles. The normalized spacial score (nSPS) is 24.0. The molecule has 1 fully saturated rings. The molecule has 0 unspecified atom stereocenters. The highest BCUT2D eigenvalue weighted by Gasteiger charge is 2.29. The van der Waals surface area contributed by atoms with E-state index in [-0.39, 0.29) is 16.6 Å². The Labute approximate surface area is 101 Å². The number of nitrogens with one attached hydrogen (secondary N) is 1. The second-order valence-electron chi connectivity index (χ2n) is 3.92. The Morgan fingerprint density at radius 1 is 1.31 bits per heavy atom. The van der Waals surface area contributed by atoms with Crippen LogP contribution in [0.2, 0.25) is 0 Å². The van der Waals surface area contributed by atoms with Gasteiger partial charge in [0.1, 0.15) is 11.6 Å². The Kier molecular flexibility index (Phi) is 3.44. The molecule has 0 spiro atoms. The van der Waals surface area contributed by atoms with Crippen LogP contribution in [-0.4, -0.2) is 19.3 Å². The maximum absolute atomic E-state index is 13.4. The molecule has 5 heteroatoms. The molecule has 0 aliphatic heterocycles. The number of hydrogen-bond acceptors (Lipinski definition) is 2. The molecule has 2 rings (SSSR count). The average molecular weight is 292 g/mol. The van der Waals surface area contributed by atoms with Gasteiger partial charge in [0, 0.05) is 19.2 Å². The predicted octanol–water partition coefficient (Wildman–Crippen LogP) is 3.32. The molecular formula is C11H12BrF2NO. The van der Waals surface area contributed by atoms with E-state index >= 15 is 0 Å². The molecule has 16 heavy (non-hydrogen) atoms. The Bertz CT molecular complexity index is 394. The molecule has 0 aromatic heterocycles. The largest absolute Gasteiger partial charge is 0.381 e. The Morgan fingerprint density at radius 3 is 2.62 bits per heavy atom. The average Bonchev–Trinajstić information content (AvgIpc) is 2.18. The van der Waals surface area contributed by atoms with Crippen molar-refractivity contribution in [3.8, 4) is 0 Å². The van der Waals surface area contributed by atoms with E-state index in [2.05, 4.69) is 21.2 Å². The summed E-state index contributed by atoms with van der Waals surface area (Å²) in [7, 11) is 1.66. The van der Waals surface area contributed by atoms with Crippen molar-refractivity contribution in [3.63, 3.8) is 0 Å².